The summed E-state index contributed by atoms with van der Waals surface area (Å²) >= 11 is 4.51. The first kappa shape index (κ1) is 28.9. The van der Waals surface area contributed by atoms with Gasteiger partial charge in [0.25, 0.3) is 0 Å². The number of halogens is 2. The van der Waals surface area contributed by atoms with Gasteiger partial charge in [0.1, 0.15) is 0 Å². The summed E-state index contributed by atoms with van der Waals surface area (Å²) in [6.45, 7) is -0.772. The maximum atomic E-state index is 9.22. The van der Waals surface area contributed by atoms with Crippen LogP contribution >= 0.6 is 18.8 Å². The average molecular weight is 750 g/mol. The fourth-order valence-corrected chi connectivity index (χ4v) is 3.41. The number of aliphatic hydroxyl groups is 8. The van der Waals surface area contributed by atoms with Gasteiger partial charge in [-0.15, -0.1) is 0 Å². The fraction of sp³-hybridized carbons (Fsp3) is 1.00. The van der Waals surface area contributed by atoms with Crippen LogP contribution in [0.4, 0.5) is 0 Å². The van der Waals surface area contributed by atoms with Gasteiger partial charge in [0, 0.05) is 0 Å². The van der Waals surface area contributed by atoms with Crippen molar-refractivity contribution in [2.24, 2.45) is 0 Å². The van der Waals surface area contributed by atoms with Crippen LogP contribution in [0.2, 0.25) is 0 Å². The molecule has 15 heteroatoms. The average Bonchev–Trinajstić information content (AvgIpc) is 2.65. The van der Waals surface area contributed by atoms with Crippen molar-refractivity contribution in [3.05, 3.63) is 0 Å². The maximum absolute atomic E-state index is 9.22. The minimum absolute atomic E-state index is 0.386. The van der Waals surface area contributed by atoms with Crippen molar-refractivity contribution in [1.29, 1.82) is 0 Å². The SMILES string of the molecule is OC[C@H]1OC([Se])[C@H](O)[C@@H](O)[C@@H]1O.OC[C@H]1OC([Se])[C@H](O)[C@@H](O)[C@@H]1O.[Cl][Pt][Cl]. The Hall–Kier alpha value is 1.91. The van der Waals surface area contributed by atoms with Crippen molar-refractivity contribution in [3.63, 3.8) is 0 Å². The molecule has 0 amide bonds. The van der Waals surface area contributed by atoms with Crippen LogP contribution in [0.3, 0.4) is 0 Å². The summed E-state index contributed by atoms with van der Waals surface area (Å²) in [5.41, 5.74) is 0. The van der Waals surface area contributed by atoms with E-state index in [0.29, 0.717) is 0 Å². The Morgan fingerprint density at radius 2 is 0.889 bits per heavy atom. The standard InChI is InChI=1S/2C6H11O5Se.2ClH.Pt/c2*7-1-2-3(8)4(9)5(10)6(12)11-2;;;/h2*2-10H,1H2;2*1H;/q;;;;+2/p-2/t2*2-,3-,4+,5-,6?;;;/m11.../s1. The Balaban J connectivity index is 0.000000438. The van der Waals surface area contributed by atoms with Crippen molar-refractivity contribution >= 4 is 50.9 Å². The van der Waals surface area contributed by atoms with Crippen LogP contribution < -0.4 is 0 Å². The molecule has 8 N–H and O–H groups in total. The van der Waals surface area contributed by atoms with Crippen LogP contribution in [-0.4, -0.2) is 145 Å². The molecule has 2 unspecified atom stereocenters. The molecule has 2 radical (unpaired) electrons. The molecule has 2 heterocycles. The first-order chi connectivity index (χ1) is 12.6. The van der Waals surface area contributed by atoms with Crippen molar-refractivity contribution in [2.45, 2.75) is 58.8 Å². The first-order valence-electron chi connectivity index (χ1n) is 7.32. The Labute approximate surface area is 188 Å². The molecule has 2 fully saturated rings. The third-order valence-corrected chi connectivity index (χ3v) is 5.33. The summed E-state index contributed by atoms with van der Waals surface area (Å²) in [6.07, 6.45) is -9.01. The fourth-order valence-electron chi connectivity index (χ4n) is 2.13. The molecule has 2 aliphatic rings. The van der Waals surface area contributed by atoms with Crippen molar-refractivity contribution < 1.29 is 66.8 Å². The summed E-state index contributed by atoms with van der Waals surface area (Å²) < 4.78 is 9.93. The molecule has 0 aromatic heterocycles. The topological polar surface area (TPSA) is 180 Å². The van der Waals surface area contributed by atoms with E-state index in [0.717, 1.165) is 0 Å². The second kappa shape index (κ2) is 14.8. The van der Waals surface area contributed by atoms with Crippen LogP contribution in [0.15, 0.2) is 0 Å². The Bertz CT molecular complexity index is 364. The van der Waals surface area contributed by atoms with Crippen LogP contribution in [-0.2, 0) is 26.0 Å². The number of aliphatic hydroxyl groups excluding tert-OH is 8. The van der Waals surface area contributed by atoms with Gasteiger partial charge >= 0.3 is 190 Å². The molecular weight excluding hydrogens is 728 g/mol. The van der Waals surface area contributed by atoms with Gasteiger partial charge in [0.2, 0.25) is 0 Å². The molecule has 10 atom stereocenters. The van der Waals surface area contributed by atoms with E-state index in [1.807, 2.05) is 0 Å². The molecule has 2 aliphatic heterocycles. The molecule has 0 bridgehead atoms. The summed E-state index contributed by atoms with van der Waals surface area (Å²) in [4.78, 5) is 0. The minimum atomic E-state index is -1.28. The van der Waals surface area contributed by atoms with E-state index < -0.39 is 75.3 Å². The first-order valence-corrected chi connectivity index (χ1v) is 14.9. The number of hydrogen-bond acceptors (Lipinski definition) is 10. The monoisotopic (exact) mass is 751 g/mol. The van der Waals surface area contributed by atoms with Crippen LogP contribution in [0.1, 0.15) is 0 Å². The number of ether oxygens (including phenoxy) is 2. The van der Waals surface area contributed by atoms with E-state index in [9.17, 15) is 30.6 Å². The molecular formula is C12H22Cl2O10PtSe2. The summed E-state index contributed by atoms with van der Waals surface area (Å²) in [5.74, 6) is 0. The Morgan fingerprint density at radius 1 is 0.630 bits per heavy atom. The molecule has 0 aromatic rings. The van der Waals surface area contributed by atoms with Gasteiger partial charge in [-0.2, -0.15) is 0 Å². The van der Waals surface area contributed by atoms with E-state index >= 15 is 0 Å². The second-order valence-corrected chi connectivity index (χ2v) is 10.7. The predicted octanol–water partition coefficient (Wildman–Crippen LogP) is -4.71. The molecule has 27 heavy (non-hydrogen) atoms. The zero-order chi connectivity index (χ0) is 21.3. The van der Waals surface area contributed by atoms with Gasteiger partial charge in [-0.25, -0.2) is 0 Å². The second-order valence-electron chi connectivity index (χ2n) is 5.44. The van der Waals surface area contributed by atoms with Crippen molar-refractivity contribution in [3.8, 4) is 0 Å². The Kier molecular flexibility index (Phi) is 15.9. The van der Waals surface area contributed by atoms with E-state index in [1.54, 1.807) is 0 Å². The van der Waals surface area contributed by atoms with Crippen LogP contribution in [0.5, 0.6) is 0 Å². The van der Waals surface area contributed by atoms with Gasteiger partial charge < -0.3 is 0 Å². The molecule has 10 nitrogen and oxygen atoms in total. The zero-order valence-electron chi connectivity index (χ0n) is 13.5. The third kappa shape index (κ3) is 8.89. The van der Waals surface area contributed by atoms with E-state index in [-0.39, 0.29) is 13.2 Å². The van der Waals surface area contributed by atoms with E-state index in [2.05, 4.69) is 32.0 Å². The quantitative estimate of drug-likeness (QED) is 0.128. The van der Waals surface area contributed by atoms with Crippen LogP contribution in [0, 0.1) is 0 Å². The number of hydrogen-bond donors (Lipinski definition) is 8. The molecule has 166 valence electrons. The molecule has 2 saturated heterocycles. The zero-order valence-corrected chi connectivity index (χ0v) is 20.7. The van der Waals surface area contributed by atoms with Crippen LogP contribution in [0.25, 0.3) is 0 Å². The Morgan fingerprint density at radius 3 is 1.11 bits per heavy atom. The third-order valence-electron chi connectivity index (χ3n) is 3.70. The van der Waals surface area contributed by atoms with Crippen molar-refractivity contribution in [2.75, 3.05) is 13.2 Å². The molecule has 0 saturated carbocycles. The van der Waals surface area contributed by atoms with E-state index in [4.69, 9.17) is 38.5 Å². The molecule has 0 aromatic carbocycles. The van der Waals surface area contributed by atoms with Gasteiger partial charge in [-0.3, -0.25) is 0 Å². The molecule has 0 spiro atoms. The van der Waals surface area contributed by atoms with Gasteiger partial charge in [-0.05, 0) is 0 Å². The summed E-state index contributed by atoms with van der Waals surface area (Å²) in [7, 11) is 9.75. The van der Waals surface area contributed by atoms with Gasteiger partial charge in [-0.1, -0.05) is 0 Å². The summed E-state index contributed by atoms with van der Waals surface area (Å²) in [5, 5.41) is 71.2. The van der Waals surface area contributed by atoms with E-state index in [1.165, 1.54) is 0 Å². The normalized spacial score (nSPS) is 44.6. The van der Waals surface area contributed by atoms with Gasteiger partial charge in [0.15, 0.2) is 0 Å². The van der Waals surface area contributed by atoms with Gasteiger partial charge in [0.05, 0.1) is 0 Å². The molecule has 0 aliphatic carbocycles. The van der Waals surface area contributed by atoms with Crippen molar-refractivity contribution in [1.82, 2.24) is 0 Å². The predicted molar refractivity (Wildman–Crippen MR) is 90.7 cm³/mol. The molecule has 2 rings (SSSR count). The summed E-state index contributed by atoms with van der Waals surface area (Å²) in [6, 6.07) is 0. The number of rotatable bonds is 2.